The van der Waals surface area contributed by atoms with E-state index in [1.165, 1.54) is 0 Å². The largest absolute Gasteiger partial charge is 0.277 e. The Balaban J connectivity index is 0.816. The molecule has 0 unspecified atom stereocenters. The molecule has 56 heavy (non-hydrogen) atoms. The summed E-state index contributed by atoms with van der Waals surface area (Å²) in [5.41, 5.74) is 16.8. The van der Waals surface area contributed by atoms with E-state index in [0.29, 0.717) is 0 Å². The third-order valence-corrected chi connectivity index (χ3v) is 9.81. The van der Waals surface area contributed by atoms with Crippen LogP contribution in [0.2, 0.25) is 0 Å². The molecule has 0 spiro atoms. The molecule has 0 bridgehead atoms. The van der Waals surface area contributed by atoms with Crippen LogP contribution in [-0.2, 0) is 0 Å². The minimum absolute atomic E-state index is 0.765. The van der Waals surface area contributed by atoms with E-state index in [1.807, 2.05) is 91.3 Å². The minimum Gasteiger partial charge on any atom is -0.277 e. The summed E-state index contributed by atoms with van der Waals surface area (Å²) < 4.78 is 0. The van der Waals surface area contributed by atoms with Crippen molar-refractivity contribution in [3.05, 3.63) is 170 Å². The Kier molecular flexibility index (Phi) is 8.23. The van der Waals surface area contributed by atoms with Gasteiger partial charge in [-0.3, -0.25) is 25.4 Å². The fourth-order valence-corrected chi connectivity index (χ4v) is 6.80. The molecule has 0 atom stereocenters. The summed E-state index contributed by atoms with van der Waals surface area (Å²) in [4.78, 5) is 9.36. The standard InChI is InChI=1S/C46H32N10/c1-3-8-31(9-4-1)39-23-43(53-49-39)35-22-36(28-47-27-35)44-24-40(50-54-44)33-18-14-29(15-19-33)30-16-20-34(21-17-30)42-26-46(56-52-42)38-13-7-12-37(48-38)45-25-41(51-55-45)32-10-5-2-6-11-32/h1-28H,(H,49,53)(H,50,54)(H,51,55)(H,52,56). The predicted octanol–water partition coefficient (Wildman–Crippen LogP) is 10.4. The number of aromatic amines is 4. The van der Waals surface area contributed by atoms with Crippen LogP contribution in [0, 0.1) is 0 Å². The molecule has 0 radical (unpaired) electrons. The lowest BCUT2D eigenvalue weighted by molar-refractivity contribution is 1.08. The smallest absolute Gasteiger partial charge is 0.111 e. The van der Waals surface area contributed by atoms with E-state index in [0.717, 1.165) is 101 Å². The number of aromatic nitrogens is 10. The van der Waals surface area contributed by atoms with Crippen molar-refractivity contribution in [3.8, 4) is 101 Å². The fraction of sp³-hybridized carbons (Fsp3) is 0. The number of benzene rings is 4. The summed E-state index contributed by atoms with van der Waals surface area (Å²) in [7, 11) is 0. The van der Waals surface area contributed by atoms with Crippen LogP contribution in [0.4, 0.5) is 0 Å². The molecule has 10 heteroatoms. The molecule has 0 aliphatic heterocycles. The van der Waals surface area contributed by atoms with Gasteiger partial charge in [-0.05, 0) is 75.8 Å². The van der Waals surface area contributed by atoms with Gasteiger partial charge in [-0.1, -0.05) is 115 Å². The monoisotopic (exact) mass is 724 g/mol. The Labute approximate surface area is 321 Å². The van der Waals surface area contributed by atoms with Gasteiger partial charge in [0.15, 0.2) is 0 Å². The first-order valence-electron chi connectivity index (χ1n) is 18.2. The van der Waals surface area contributed by atoms with Gasteiger partial charge in [0, 0.05) is 23.5 Å². The quantitative estimate of drug-likeness (QED) is 0.117. The lowest BCUT2D eigenvalue weighted by Crippen LogP contribution is -1.88. The molecule has 0 amide bonds. The summed E-state index contributed by atoms with van der Waals surface area (Å²) in [6.07, 6.45) is 3.64. The zero-order valence-electron chi connectivity index (χ0n) is 29.8. The van der Waals surface area contributed by atoms with Crippen LogP contribution in [0.15, 0.2) is 170 Å². The van der Waals surface area contributed by atoms with Crippen LogP contribution >= 0.6 is 0 Å². The Morgan fingerprint density at radius 1 is 0.268 bits per heavy atom. The van der Waals surface area contributed by atoms with E-state index in [4.69, 9.17) is 4.98 Å². The van der Waals surface area contributed by atoms with E-state index in [9.17, 15) is 0 Å². The first-order chi connectivity index (χ1) is 27.7. The van der Waals surface area contributed by atoms with Gasteiger partial charge in [-0.2, -0.15) is 20.4 Å². The van der Waals surface area contributed by atoms with Crippen molar-refractivity contribution in [2.75, 3.05) is 0 Å². The second-order valence-electron chi connectivity index (χ2n) is 13.4. The Morgan fingerprint density at radius 2 is 0.625 bits per heavy atom. The summed E-state index contributed by atoms with van der Waals surface area (Å²) in [5.74, 6) is 0. The average molecular weight is 725 g/mol. The number of hydrogen-bond acceptors (Lipinski definition) is 6. The van der Waals surface area contributed by atoms with Crippen LogP contribution in [0.5, 0.6) is 0 Å². The molecule has 6 heterocycles. The molecule has 0 saturated heterocycles. The van der Waals surface area contributed by atoms with Crippen LogP contribution in [0.1, 0.15) is 0 Å². The Hall–Kier alpha value is -7.98. The molecular weight excluding hydrogens is 693 g/mol. The fourth-order valence-electron chi connectivity index (χ4n) is 6.80. The summed E-state index contributed by atoms with van der Waals surface area (Å²) in [6.45, 7) is 0. The van der Waals surface area contributed by atoms with Crippen LogP contribution in [0.3, 0.4) is 0 Å². The van der Waals surface area contributed by atoms with Gasteiger partial charge in [0.05, 0.1) is 45.6 Å². The van der Waals surface area contributed by atoms with Gasteiger partial charge in [-0.25, -0.2) is 4.98 Å². The predicted molar refractivity (Wildman–Crippen MR) is 220 cm³/mol. The maximum absolute atomic E-state index is 4.87. The van der Waals surface area contributed by atoms with Crippen LogP contribution in [0.25, 0.3) is 101 Å². The van der Waals surface area contributed by atoms with E-state index < -0.39 is 0 Å². The molecular formula is C46H32N10. The highest BCUT2D eigenvalue weighted by molar-refractivity contribution is 5.76. The summed E-state index contributed by atoms with van der Waals surface area (Å²) in [6, 6.07) is 53.3. The van der Waals surface area contributed by atoms with Gasteiger partial charge < -0.3 is 0 Å². The van der Waals surface area contributed by atoms with Gasteiger partial charge in [0.25, 0.3) is 0 Å². The summed E-state index contributed by atoms with van der Waals surface area (Å²) >= 11 is 0. The maximum Gasteiger partial charge on any atom is 0.111 e. The number of pyridine rings is 2. The zero-order chi connectivity index (χ0) is 37.3. The van der Waals surface area contributed by atoms with Gasteiger partial charge in [0.2, 0.25) is 0 Å². The van der Waals surface area contributed by atoms with E-state index in [-0.39, 0.29) is 0 Å². The molecule has 6 aromatic heterocycles. The lowest BCUT2D eigenvalue weighted by Gasteiger charge is -2.05. The number of rotatable bonds is 9. The number of H-pyrrole nitrogens is 4. The van der Waals surface area contributed by atoms with Crippen molar-refractivity contribution >= 4 is 0 Å². The minimum atomic E-state index is 0.765. The molecule has 10 nitrogen and oxygen atoms in total. The van der Waals surface area contributed by atoms with E-state index in [2.05, 4.69) is 125 Å². The van der Waals surface area contributed by atoms with Gasteiger partial charge >= 0.3 is 0 Å². The zero-order valence-corrected chi connectivity index (χ0v) is 29.8. The molecule has 0 aliphatic carbocycles. The number of nitrogens with one attached hydrogen (secondary N) is 4. The highest BCUT2D eigenvalue weighted by Crippen LogP contribution is 2.32. The molecule has 0 fully saturated rings. The normalized spacial score (nSPS) is 11.2. The SMILES string of the molecule is c1ccc(-c2cc(-c3cncc(-c4cc(-c5ccc(-c6ccc(-c7cc(-c8cccc(-c9cc(-c%10ccccc%10)[nH]n9)n8)n[nH]7)cc6)cc5)[nH]n4)c3)n[nH]2)cc1. The maximum atomic E-state index is 4.87. The van der Waals surface area contributed by atoms with Crippen molar-refractivity contribution in [2.45, 2.75) is 0 Å². The molecule has 10 aromatic rings. The molecule has 4 aromatic carbocycles. The second kappa shape index (κ2) is 14.1. The van der Waals surface area contributed by atoms with Crippen molar-refractivity contribution in [1.29, 1.82) is 0 Å². The molecule has 266 valence electrons. The first-order valence-corrected chi connectivity index (χ1v) is 18.2. The van der Waals surface area contributed by atoms with Crippen LogP contribution < -0.4 is 0 Å². The molecule has 10 rings (SSSR count). The number of hydrogen-bond donors (Lipinski definition) is 4. The van der Waals surface area contributed by atoms with E-state index >= 15 is 0 Å². The lowest BCUT2D eigenvalue weighted by atomic mass is 10.0. The van der Waals surface area contributed by atoms with E-state index in [1.54, 1.807) is 0 Å². The number of nitrogens with zero attached hydrogens (tertiary/aromatic N) is 6. The second-order valence-corrected chi connectivity index (χ2v) is 13.4. The van der Waals surface area contributed by atoms with Crippen molar-refractivity contribution in [1.82, 2.24) is 50.8 Å². The van der Waals surface area contributed by atoms with Crippen molar-refractivity contribution < 1.29 is 0 Å². The molecule has 0 saturated carbocycles. The van der Waals surface area contributed by atoms with Gasteiger partial charge in [-0.15, -0.1) is 0 Å². The highest BCUT2D eigenvalue weighted by atomic mass is 15.1. The van der Waals surface area contributed by atoms with Crippen LogP contribution in [-0.4, -0.2) is 50.8 Å². The van der Waals surface area contributed by atoms with Crippen molar-refractivity contribution in [2.24, 2.45) is 0 Å². The first kappa shape index (κ1) is 32.7. The molecule has 0 aliphatic rings. The highest BCUT2D eigenvalue weighted by Gasteiger charge is 2.14. The Bertz CT molecular complexity index is 2700. The third-order valence-electron chi connectivity index (χ3n) is 9.81. The topological polar surface area (TPSA) is 140 Å². The average Bonchev–Trinajstić information content (AvgIpc) is 4.13. The van der Waals surface area contributed by atoms with Crippen molar-refractivity contribution in [3.63, 3.8) is 0 Å². The Morgan fingerprint density at radius 3 is 1.05 bits per heavy atom. The molecule has 4 N–H and O–H groups in total. The summed E-state index contributed by atoms with van der Waals surface area (Å²) in [5, 5.41) is 30.9. The van der Waals surface area contributed by atoms with Gasteiger partial charge in [0.1, 0.15) is 11.4 Å². The third kappa shape index (κ3) is 6.48.